The maximum atomic E-state index is 12.9. The molecular formula is C12H9FO2. The summed E-state index contributed by atoms with van der Waals surface area (Å²) >= 11 is 0. The minimum atomic E-state index is -0.326. The van der Waals surface area contributed by atoms with Crippen molar-refractivity contribution in [2.24, 2.45) is 0 Å². The lowest BCUT2D eigenvalue weighted by atomic mass is 10.2. The van der Waals surface area contributed by atoms with E-state index in [2.05, 4.69) is 0 Å². The van der Waals surface area contributed by atoms with E-state index in [0.717, 1.165) is 0 Å². The van der Waals surface area contributed by atoms with E-state index < -0.39 is 0 Å². The summed E-state index contributed by atoms with van der Waals surface area (Å²) < 4.78 is 18.2. The first kappa shape index (κ1) is 9.65. The number of halogens is 1. The summed E-state index contributed by atoms with van der Waals surface area (Å²) in [5.41, 5.74) is 0.627. The van der Waals surface area contributed by atoms with Gasteiger partial charge in [-0.05, 0) is 24.3 Å². The number of carbonyl (C=O) groups excluding carboxylic acids is 1. The highest BCUT2D eigenvalue weighted by atomic mass is 19.1. The molecule has 0 N–H and O–H groups in total. The topological polar surface area (TPSA) is 30.2 Å². The minimum absolute atomic E-state index is 0.141. The van der Waals surface area contributed by atoms with E-state index in [0.29, 0.717) is 11.3 Å². The second-order valence-corrected chi connectivity index (χ2v) is 3.23. The zero-order valence-corrected chi connectivity index (χ0v) is 8.16. The van der Waals surface area contributed by atoms with Crippen molar-refractivity contribution in [3.05, 3.63) is 48.0 Å². The van der Waals surface area contributed by atoms with Crippen LogP contribution >= 0.6 is 0 Å². The van der Waals surface area contributed by atoms with Gasteiger partial charge in [0, 0.05) is 12.5 Å². The molecular weight excluding hydrogens is 195 g/mol. The molecule has 0 saturated heterocycles. The van der Waals surface area contributed by atoms with Crippen LogP contribution in [0.25, 0.3) is 11.3 Å². The molecule has 0 fully saturated rings. The number of rotatable bonds is 2. The molecule has 0 spiro atoms. The minimum Gasteiger partial charge on any atom is -0.453 e. The summed E-state index contributed by atoms with van der Waals surface area (Å²) in [6.45, 7) is 1.42. The number of carbonyl (C=O) groups is 1. The lowest BCUT2D eigenvalue weighted by Gasteiger charge is -1.96. The fourth-order valence-corrected chi connectivity index (χ4v) is 1.32. The average Bonchev–Trinajstić information content (AvgIpc) is 2.66. The van der Waals surface area contributed by atoms with Crippen molar-refractivity contribution in [2.45, 2.75) is 6.92 Å². The fraction of sp³-hybridized carbons (Fsp3) is 0.0833. The number of ketones is 1. The van der Waals surface area contributed by atoms with E-state index in [1.54, 1.807) is 24.3 Å². The Morgan fingerprint density at radius 1 is 1.27 bits per heavy atom. The van der Waals surface area contributed by atoms with Crippen molar-refractivity contribution in [1.82, 2.24) is 0 Å². The highest BCUT2D eigenvalue weighted by Crippen LogP contribution is 2.22. The molecule has 0 atom stereocenters. The molecule has 0 aliphatic rings. The summed E-state index contributed by atoms with van der Waals surface area (Å²) in [6, 6.07) is 9.29. The van der Waals surface area contributed by atoms with Gasteiger partial charge in [-0.3, -0.25) is 4.79 Å². The van der Waals surface area contributed by atoms with Crippen LogP contribution in [0.2, 0.25) is 0 Å². The van der Waals surface area contributed by atoms with Gasteiger partial charge in [0.15, 0.2) is 11.5 Å². The summed E-state index contributed by atoms with van der Waals surface area (Å²) in [4.78, 5) is 11.0. The molecule has 2 rings (SSSR count). The standard InChI is InChI=1S/C12H9FO2/c1-8(14)11-5-6-12(15-11)9-3-2-4-10(13)7-9/h2-7H,1H3. The third kappa shape index (κ3) is 1.96. The van der Waals surface area contributed by atoms with E-state index in [-0.39, 0.29) is 17.4 Å². The molecule has 15 heavy (non-hydrogen) atoms. The van der Waals surface area contributed by atoms with Crippen molar-refractivity contribution in [2.75, 3.05) is 0 Å². The third-order valence-corrected chi connectivity index (χ3v) is 2.06. The zero-order chi connectivity index (χ0) is 10.8. The molecule has 3 heteroatoms. The van der Waals surface area contributed by atoms with E-state index in [1.165, 1.54) is 19.1 Å². The highest BCUT2D eigenvalue weighted by molar-refractivity contribution is 5.91. The summed E-state index contributed by atoms with van der Waals surface area (Å²) in [5.74, 6) is 0.319. The first-order valence-corrected chi connectivity index (χ1v) is 4.53. The largest absolute Gasteiger partial charge is 0.453 e. The molecule has 0 unspecified atom stereocenters. The Labute approximate surface area is 86.3 Å². The molecule has 76 valence electrons. The Morgan fingerprint density at radius 2 is 2.07 bits per heavy atom. The SMILES string of the molecule is CC(=O)c1ccc(-c2cccc(F)c2)o1. The van der Waals surface area contributed by atoms with Gasteiger partial charge in [-0.1, -0.05) is 12.1 Å². The smallest absolute Gasteiger partial charge is 0.194 e. The van der Waals surface area contributed by atoms with Gasteiger partial charge in [0.1, 0.15) is 11.6 Å². The number of benzene rings is 1. The Kier molecular flexibility index (Phi) is 2.37. The van der Waals surface area contributed by atoms with Crippen LogP contribution in [0.1, 0.15) is 17.5 Å². The van der Waals surface area contributed by atoms with Crippen molar-refractivity contribution >= 4 is 5.78 Å². The van der Waals surface area contributed by atoms with Crippen LogP contribution < -0.4 is 0 Å². The lowest BCUT2D eigenvalue weighted by Crippen LogP contribution is -1.86. The van der Waals surface area contributed by atoms with Crippen LogP contribution in [-0.2, 0) is 0 Å². The van der Waals surface area contributed by atoms with E-state index in [4.69, 9.17) is 4.42 Å². The molecule has 0 saturated carbocycles. The number of furan rings is 1. The second kappa shape index (κ2) is 3.69. The van der Waals surface area contributed by atoms with Crippen LogP contribution in [-0.4, -0.2) is 5.78 Å². The van der Waals surface area contributed by atoms with Crippen LogP contribution in [0.5, 0.6) is 0 Å². The summed E-state index contributed by atoms with van der Waals surface area (Å²) in [7, 11) is 0. The van der Waals surface area contributed by atoms with Gasteiger partial charge in [0.05, 0.1) is 0 Å². The zero-order valence-electron chi connectivity index (χ0n) is 8.16. The average molecular weight is 204 g/mol. The number of Topliss-reactive ketones (excluding diaryl/α,β-unsaturated/α-hetero) is 1. The van der Waals surface area contributed by atoms with Gasteiger partial charge in [-0.25, -0.2) is 4.39 Å². The summed E-state index contributed by atoms with van der Waals surface area (Å²) in [5, 5.41) is 0. The van der Waals surface area contributed by atoms with Gasteiger partial charge in [0.25, 0.3) is 0 Å². The normalized spacial score (nSPS) is 10.3. The Bertz CT molecular complexity index is 500. The van der Waals surface area contributed by atoms with Crippen molar-refractivity contribution < 1.29 is 13.6 Å². The Morgan fingerprint density at radius 3 is 2.67 bits per heavy atom. The molecule has 1 aromatic heterocycles. The van der Waals surface area contributed by atoms with Crippen LogP contribution in [0.3, 0.4) is 0 Å². The highest BCUT2D eigenvalue weighted by Gasteiger charge is 2.08. The maximum absolute atomic E-state index is 12.9. The maximum Gasteiger partial charge on any atom is 0.194 e. The van der Waals surface area contributed by atoms with Crippen molar-refractivity contribution in [3.63, 3.8) is 0 Å². The van der Waals surface area contributed by atoms with Gasteiger partial charge in [0.2, 0.25) is 0 Å². The van der Waals surface area contributed by atoms with Gasteiger partial charge < -0.3 is 4.42 Å². The summed E-state index contributed by atoms with van der Waals surface area (Å²) in [6.07, 6.45) is 0. The number of hydrogen-bond donors (Lipinski definition) is 0. The van der Waals surface area contributed by atoms with Crippen molar-refractivity contribution in [1.29, 1.82) is 0 Å². The lowest BCUT2D eigenvalue weighted by molar-refractivity contribution is 0.0988. The first-order chi connectivity index (χ1) is 7.16. The Hall–Kier alpha value is -1.90. The molecule has 0 radical (unpaired) electrons. The monoisotopic (exact) mass is 204 g/mol. The van der Waals surface area contributed by atoms with E-state index in [1.807, 2.05) is 0 Å². The van der Waals surface area contributed by atoms with Crippen LogP contribution in [0, 0.1) is 5.82 Å². The molecule has 1 heterocycles. The first-order valence-electron chi connectivity index (χ1n) is 4.53. The fourth-order valence-electron chi connectivity index (χ4n) is 1.32. The van der Waals surface area contributed by atoms with Gasteiger partial charge >= 0.3 is 0 Å². The van der Waals surface area contributed by atoms with Crippen molar-refractivity contribution in [3.8, 4) is 11.3 Å². The number of hydrogen-bond acceptors (Lipinski definition) is 2. The van der Waals surface area contributed by atoms with Gasteiger partial charge in [-0.15, -0.1) is 0 Å². The Balaban J connectivity index is 2.41. The predicted molar refractivity (Wildman–Crippen MR) is 54.1 cm³/mol. The molecule has 1 aromatic carbocycles. The van der Waals surface area contributed by atoms with Crippen LogP contribution in [0.15, 0.2) is 40.8 Å². The molecule has 0 bridgehead atoms. The van der Waals surface area contributed by atoms with E-state index in [9.17, 15) is 9.18 Å². The second-order valence-electron chi connectivity index (χ2n) is 3.23. The molecule has 0 aliphatic carbocycles. The van der Waals surface area contributed by atoms with Crippen LogP contribution in [0.4, 0.5) is 4.39 Å². The molecule has 2 aromatic rings. The van der Waals surface area contributed by atoms with Gasteiger partial charge in [-0.2, -0.15) is 0 Å². The molecule has 2 nitrogen and oxygen atoms in total. The quantitative estimate of drug-likeness (QED) is 0.702. The third-order valence-electron chi connectivity index (χ3n) is 2.06. The molecule has 0 amide bonds. The van der Waals surface area contributed by atoms with E-state index >= 15 is 0 Å². The molecule has 0 aliphatic heterocycles. The predicted octanol–water partition coefficient (Wildman–Crippen LogP) is 3.29.